The number of aldehydes is 1. The summed E-state index contributed by atoms with van der Waals surface area (Å²) in [5.41, 5.74) is -2.33. The first-order chi connectivity index (χ1) is 30.1. The van der Waals surface area contributed by atoms with Crippen LogP contribution in [-0.4, -0.2) is 188 Å². The maximum Gasteiger partial charge on any atom is 0.308 e. The third kappa shape index (κ3) is 12.4. The zero-order valence-corrected chi connectivity index (χ0v) is 39.8. The molecule has 0 aliphatic carbocycles. The number of nitrogens with zero attached hydrogens (tertiary/aromatic N) is 1. The van der Waals surface area contributed by atoms with E-state index in [0.29, 0.717) is 12.8 Å². The number of epoxide rings is 1. The van der Waals surface area contributed by atoms with E-state index in [2.05, 4.69) is 0 Å². The minimum Gasteiger partial charge on any atom is -0.462 e. The molecular weight excluding hydrogens is 838 g/mol. The molecule has 18 heteroatoms. The monoisotopic (exact) mass is 916 g/mol. The summed E-state index contributed by atoms with van der Waals surface area (Å²) in [6, 6.07) is -0.278. The van der Waals surface area contributed by atoms with E-state index in [4.69, 9.17) is 47.4 Å². The average Bonchev–Trinajstić information content (AvgIpc) is 3.91. The molecule has 4 fully saturated rings. The lowest BCUT2D eigenvalue weighted by Gasteiger charge is -2.48. The Kier molecular flexibility index (Phi) is 18.5. The van der Waals surface area contributed by atoms with Gasteiger partial charge in [-0.3, -0.25) is 9.59 Å². The van der Waals surface area contributed by atoms with Crippen molar-refractivity contribution in [2.75, 3.05) is 34.9 Å². The van der Waals surface area contributed by atoms with E-state index in [9.17, 15) is 34.8 Å². The van der Waals surface area contributed by atoms with Crippen molar-refractivity contribution in [3.05, 3.63) is 12.2 Å². The molecule has 0 aromatic carbocycles. The molecule has 0 aromatic rings. The molecule has 5 aliphatic rings. The van der Waals surface area contributed by atoms with Crippen LogP contribution in [0.15, 0.2) is 12.2 Å². The first kappa shape index (κ1) is 53.0. The van der Waals surface area contributed by atoms with Crippen LogP contribution >= 0.6 is 0 Å². The number of allylic oxidation sites excluding steroid dienone is 1. The normalized spacial score (nSPS) is 48.0. The Labute approximate surface area is 378 Å². The average molecular weight is 916 g/mol. The number of ether oxygens (including phenoxy) is 10. The standard InChI is InChI=1S/C46H77NO17/c1-13-33-29(22-57-44-41(56-12)40(55-11)37(52)25(4)60-44)43-46(8,64-43)16-14-31(49)23(2)18-28(15-17-48)38(24(3)32(50)20-34(51)61-33)62-35-19-30(47(9)10)39(26(5)58-35)63-36-21-45(7,54)42(53)27(6)59-36/h14,16-17,23-30,32-33,35-44,50,52-54H,13,15,18-22H2,1-12H3/b16-14+/t23-,24+,25?,26?,27?,28+,29?,30?,32-,33-,35?,36?,37?,38-,39?,40?,41?,42?,43-,44?,45?,46-/m1/s1. The van der Waals surface area contributed by atoms with Gasteiger partial charge >= 0.3 is 5.97 Å². The summed E-state index contributed by atoms with van der Waals surface area (Å²) in [6.45, 7) is 14.0. The van der Waals surface area contributed by atoms with Gasteiger partial charge in [0.1, 0.15) is 48.5 Å². The number of carbonyl (C=O) groups is 3. The Morgan fingerprint density at radius 3 is 2.14 bits per heavy atom. The van der Waals surface area contributed by atoms with E-state index >= 15 is 0 Å². The molecule has 0 aromatic heterocycles. The Hall–Kier alpha value is -2.01. The van der Waals surface area contributed by atoms with Crippen molar-refractivity contribution in [1.29, 1.82) is 0 Å². The zero-order valence-electron chi connectivity index (χ0n) is 39.8. The van der Waals surface area contributed by atoms with Gasteiger partial charge in [-0.2, -0.15) is 0 Å². The highest BCUT2D eigenvalue weighted by atomic mass is 16.7. The van der Waals surface area contributed by atoms with Gasteiger partial charge in [0.05, 0.1) is 55.3 Å². The van der Waals surface area contributed by atoms with Crippen molar-refractivity contribution < 1.29 is 82.2 Å². The molecule has 0 radical (unpaired) electrons. The number of carbonyl (C=O) groups excluding carboxylic acids is 3. The lowest BCUT2D eigenvalue weighted by Crippen LogP contribution is -2.60. The van der Waals surface area contributed by atoms with Gasteiger partial charge in [0.2, 0.25) is 0 Å². The molecule has 64 heavy (non-hydrogen) atoms. The fourth-order valence-electron chi connectivity index (χ4n) is 10.1. The molecule has 18 nitrogen and oxygen atoms in total. The number of likely N-dealkylation sites (N-methyl/N-ethyl adjacent to an activating group) is 1. The second-order valence-electron chi connectivity index (χ2n) is 19.4. The molecule has 22 atom stereocenters. The van der Waals surface area contributed by atoms with E-state index in [0.717, 1.165) is 6.29 Å². The largest absolute Gasteiger partial charge is 0.462 e. The molecule has 0 amide bonds. The molecular formula is C46H77NO17. The predicted octanol–water partition coefficient (Wildman–Crippen LogP) is 2.07. The quantitative estimate of drug-likeness (QED) is 0.118. The first-order valence-corrected chi connectivity index (χ1v) is 23.0. The molecule has 14 unspecified atom stereocenters. The number of aliphatic hydroxyl groups is 4. The molecule has 368 valence electrons. The number of fused-ring (bicyclic) bond motifs is 1. The van der Waals surface area contributed by atoms with Crippen molar-refractivity contribution in [3.63, 3.8) is 0 Å². The van der Waals surface area contributed by atoms with Gasteiger partial charge in [-0.1, -0.05) is 20.8 Å². The lowest BCUT2D eigenvalue weighted by molar-refractivity contribution is -0.322. The topological polar surface area (TPSA) is 231 Å². The molecule has 0 spiro atoms. The molecule has 5 aliphatic heterocycles. The van der Waals surface area contributed by atoms with Crippen LogP contribution < -0.4 is 0 Å². The van der Waals surface area contributed by atoms with Crippen LogP contribution in [0.1, 0.15) is 93.9 Å². The summed E-state index contributed by atoms with van der Waals surface area (Å²) in [5, 5.41) is 43.9. The lowest BCUT2D eigenvalue weighted by atomic mass is 9.79. The van der Waals surface area contributed by atoms with Crippen molar-refractivity contribution in [1.82, 2.24) is 4.90 Å². The fourth-order valence-corrected chi connectivity index (χ4v) is 10.1. The number of hydrogen-bond acceptors (Lipinski definition) is 18. The Morgan fingerprint density at radius 2 is 1.53 bits per heavy atom. The van der Waals surface area contributed by atoms with Gasteiger partial charge in [0, 0.05) is 57.3 Å². The maximum absolute atomic E-state index is 13.9. The highest BCUT2D eigenvalue weighted by Crippen LogP contribution is 2.46. The van der Waals surface area contributed by atoms with E-state index in [1.807, 2.05) is 39.8 Å². The van der Waals surface area contributed by atoms with Crippen molar-refractivity contribution in [2.45, 2.75) is 203 Å². The number of methoxy groups -OCH3 is 2. The number of hydrogen-bond donors (Lipinski definition) is 4. The van der Waals surface area contributed by atoms with Crippen LogP contribution in [0.5, 0.6) is 0 Å². The van der Waals surface area contributed by atoms with Crippen molar-refractivity contribution in [3.8, 4) is 0 Å². The zero-order chi connectivity index (χ0) is 47.4. The number of ketones is 1. The van der Waals surface area contributed by atoms with Crippen molar-refractivity contribution in [2.24, 2.45) is 23.7 Å². The van der Waals surface area contributed by atoms with E-state index in [1.54, 1.807) is 40.7 Å². The van der Waals surface area contributed by atoms with Crippen LogP contribution in [0.3, 0.4) is 0 Å². The Morgan fingerprint density at radius 1 is 0.875 bits per heavy atom. The summed E-state index contributed by atoms with van der Waals surface area (Å²) in [6.07, 6.45) is -7.38. The van der Waals surface area contributed by atoms with Gasteiger partial charge in [0.25, 0.3) is 0 Å². The minimum absolute atomic E-state index is 0.00729. The van der Waals surface area contributed by atoms with E-state index in [-0.39, 0.29) is 37.7 Å². The summed E-state index contributed by atoms with van der Waals surface area (Å²) < 4.78 is 61.6. The number of rotatable bonds is 13. The minimum atomic E-state index is -1.42. The fraction of sp³-hybridized carbons (Fsp3) is 0.891. The van der Waals surface area contributed by atoms with Gasteiger partial charge in [-0.05, 0) is 79.6 Å². The van der Waals surface area contributed by atoms with Gasteiger partial charge in [-0.15, -0.1) is 0 Å². The molecule has 0 bridgehead atoms. The number of aliphatic hydroxyl groups excluding tert-OH is 3. The molecule has 0 saturated carbocycles. The molecule has 4 N–H and O–H groups in total. The van der Waals surface area contributed by atoms with Crippen LogP contribution in [-0.2, 0) is 61.8 Å². The van der Waals surface area contributed by atoms with Crippen LogP contribution in [0.25, 0.3) is 0 Å². The highest BCUT2D eigenvalue weighted by molar-refractivity contribution is 5.91. The van der Waals surface area contributed by atoms with Gasteiger partial charge < -0.3 is 77.5 Å². The van der Waals surface area contributed by atoms with Gasteiger partial charge in [-0.25, -0.2) is 0 Å². The van der Waals surface area contributed by atoms with Gasteiger partial charge in [0.15, 0.2) is 24.7 Å². The summed E-state index contributed by atoms with van der Waals surface area (Å²) in [5.74, 6) is -3.25. The SMILES string of the molecule is CC[C@H]1OC(=O)C[C@@H](O)[C@H](C)[C@@H](OC2CC(N(C)C)C(OC3CC(C)(O)C(O)C(C)O3)C(C)O2)[C@@H](CC=O)C[C@@H](C)C(=O)/C=C/[C@@]2(C)O[C@@H]2C1COC1OC(C)C(O)C(OC)C1OC. The molecule has 5 rings (SSSR count). The maximum atomic E-state index is 13.9. The highest BCUT2D eigenvalue weighted by Gasteiger charge is 2.58. The summed E-state index contributed by atoms with van der Waals surface area (Å²) in [4.78, 5) is 42.0. The molecule has 4 saturated heterocycles. The second-order valence-corrected chi connectivity index (χ2v) is 19.4. The van der Waals surface area contributed by atoms with Crippen LogP contribution in [0, 0.1) is 23.7 Å². The second kappa shape index (κ2) is 22.4. The first-order valence-electron chi connectivity index (χ1n) is 23.0. The number of esters is 1. The third-order valence-electron chi connectivity index (χ3n) is 14.2. The van der Waals surface area contributed by atoms with Crippen LogP contribution in [0.4, 0.5) is 0 Å². The van der Waals surface area contributed by atoms with Crippen LogP contribution in [0.2, 0.25) is 0 Å². The van der Waals surface area contributed by atoms with E-state index < -0.39 is 139 Å². The smallest absolute Gasteiger partial charge is 0.308 e. The van der Waals surface area contributed by atoms with Crippen molar-refractivity contribution >= 4 is 18.0 Å². The Balaban J connectivity index is 1.38. The summed E-state index contributed by atoms with van der Waals surface area (Å²) in [7, 11) is 6.75. The molecule has 5 heterocycles. The number of cyclic esters (lactones) is 1. The summed E-state index contributed by atoms with van der Waals surface area (Å²) >= 11 is 0. The van der Waals surface area contributed by atoms with E-state index in [1.165, 1.54) is 20.3 Å². The predicted molar refractivity (Wildman–Crippen MR) is 228 cm³/mol. The Bertz CT molecular complexity index is 1570. The third-order valence-corrected chi connectivity index (χ3v) is 14.2.